The number of piperidine rings is 1. The van der Waals surface area contributed by atoms with Gasteiger partial charge in [-0.2, -0.15) is 15.5 Å². The summed E-state index contributed by atoms with van der Waals surface area (Å²) < 4.78 is 9.65. The van der Waals surface area contributed by atoms with Gasteiger partial charge >= 0.3 is 0 Å². The first-order chi connectivity index (χ1) is 19.0. The number of nitrogens with zero attached hydrogens (tertiary/aromatic N) is 9. The summed E-state index contributed by atoms with van der Waals surface area (Å²) in [6.07, 6.45) is 12.5. The van der Waals surface area contributed by atoms with Crippen LogP contribution in [0.15, 0.2) is 68.2 Å². The Balaban J connectivity index is 1.21. The van der Waals surface area contributed by atoms with Crippen LogP contribution < -0.4 is 9.64 Å². The van der Waals surface area contributed by atoms with Gasteiger partial charge in [0.15, 0.2) is 0 Å². The molecule has 6 rings (SSSR count). The van der Waals surface area contributed by atoms with Gasteiger partial charge in [0.1, 0.15) is 24.3 Å². The van der Waals surface area contributed by atoms with E-state index in [1.54, 1.807) is 15.4 Å². The molecular weight excluding hydrogens is 490 g/mol. The normalized spacial score (nSPS) is 13.9. The fourth-order valence-electron chi connectivity index (χ4n) is 4.89. The summed E-state index contributed by atoms with van der Waals surface area (Å²) in [5.41, 5.74) is 6.71. The predicted molar refractivity (Wildman–Crippen MR) is 148 cm³/mol. The molecule has 5 aromatic rings. The van der Waals surface area contributed by atoms with E-state index in [2.05, 4.69) is 49.8 Å². The van der Waals surface area contributed by atoms with Gasteiger partial charge < -0.3 is 9.64 Å². The van der Waals surface area contributed by atoms with Crippen molar-refractivity contribution >= 4 is 16.9 Å². The van der Waals surface area contributed by atoms with E-state index >= 15 is 0 Å². The number of aryl methyl sites for hydroxylation is 1. The van der Waals surface area contributed by atoms with Crippen molar-refractivity contribution in [1.82, 2.24) is 34.3 Å². The number of pyridine rings is 2. The highest BCUT2D eigenvalue weighted by Crippen LogP contribution is 2.32. The van der Waals surface area contributed by atoms with Crippen LogP contribution in [0.5, 0.6) is 5.88 Å². The van der Waals surface area contributed by atoms with Gasteiger partial charge in [-0.25, -0.2) is 19.5 Å². The largest absolute Gasteiger partial charge is 0.474 e. The second kappa shape index (κ2) is 10.0. The summed E-state index contributed by atoms with van der Waals surface area (Å²) in [5.74, 6) is 1.50. The van der Waals surface area contributed by atoms with Crippen LogP contribution in [0.25, 0.3) is 33.3 Å². The van der Waals surface area contributed by atoms with Crippen molar-refractivity contribution in [1.29, 1.82) is 5.26 Å². The number of aromatic nitrogens is 7. The third kappa shape index (κ3) is 4.82. The maximum absolute atomic E-state index is 9.69. The van der Waals surface area contributed by atoms with Crippen LogP contribution in [0.2, 0.25) is 0 Å². The number of allylic oxidation sites excluding steroid dienone is 1. The van der Waals surface area contributed by atoms with Crippen LogP contribution in [-0.2, 0) is 7.05 Å². The highest BCUT2D eigenvalue weighted by Gasteiger charge is 2.22. The summed E-state index contributed by atoms with van der Waals surface area (Å²) >= 11 is 0. The molecule has 6 heterocycles. The first kappa shape index (κ1) is 24.3. The van der Waals surface area contributed by atoms with Crippen LogP contribution >= 0.6 is 0 Å². The zero-order valence-corrected chi connectivity index (χ0v) is 21.8. The number of fused-ring (bicyclic) bond motifs is 1. The summed E-state index contributed by atoms with van der Waals surface area (Å²) in [4.78, 5) is 15.5. The molecule has 194 valence electrons. The van der Waals surface area contributed by atoms with E-state index in [0.29, 0.717) is 11.4 Å². The maximum Gasteiger partial charge on any atom is 0.217 e. The van der Waals surface area contributed by atoms with Gasteiger partial charge in [0.05, 0.1) is 29.2 Å². The Morgan fingerprint density at radius 2 is 1.85 bits per heavy atom. The molecule has 1 fully saturated rings. The van der Waals surface area contributed by atoms with Crippen molar-refractivity contribution in [3.63, 3.8) is 0 Å². The number of rotatable bonds is 6. The average Bonchev–Trinajstić information content (AvgIpc) is 3.59. The Hall–Kier alpha value is -5.04. The quantitative estimate of drug-likeness (QED) is 0.323. The van der Waals surface area contributed by atoms with E-state index < -0.39 is 0 Å². The van der Waals surface area contributed by atoms with Crippen molar-refractivity contribution in [2.24, 2.45) is 7.05 Å². The molecule has 1 aliphatic rings. The minimum absolute atomic E-state index is 0.0863. The van der Waals surface area contributed by atoms with Crippen molar-refractivity contribution in [3.05, 3.63) is 79.4 Å². The number of hydrogen-bond donors (Lipinski definition) is 0. The van der Waals surface area contributed by atoms with Gasteiger partial charge in [-0.3, -0.25) is 4.68 Å². The first-order valence-corrected chi connectivity index (χ1v) is 12.7. The van der Waals surface area contributed by atoms with Gasteiger partial charge in [0.2, 0.25) is 5.88 Å². The summed E-state index contributed by atoms with van der Waals surface area (Å²) in [5, 5.41) is 18.4. The first-order valence-electron chi connectivity index (χ1n) is 12.7. The van der Waals surface area contributed by atoms with E-state index in [1.165, 1.54) is 6.33 Å². The molecule has 1 aliphatic heterocycles. The van der Waals surface area contributed by atoms with E-state index in [-0.39, 0.29) is 6.10 Å². The number of nitriles is 1. The molecule has 10 heteroatoms. The van der Waals surface area contributed by atoms with Gasteiger partial charge in [-0.05, 0) is 30.7 Å². The van der Waals surface area contributed by atoms with E-state index in [4.69, 9.17) is 9.72 Å². The lowest BCUT2D eigenvalue weighted by Gasteiger charge is -2.32. The summed E-state index contributed by atoms with van der Waals surface area (Å²) in [7, 11) is 1.89. The number of ether oxygens (including phenoxy) is 1. The van der Waals surface area contributed by atoms with Gasteiger partial charge in [-0.15, -0.1) is 0 Å². The standard InChI is InChI=1S/C29H27N9O/c1-19(2)26-11-28(33-18-32-26)39-24-6-8-37(9-7-24)27-5-4-20(13-31-27)25-10-21(23-15-34-36(3)16-23)17-38-29(25)22(12-30)14-35-38/h4-5,10-11,13-18,24H,1,6-9H2,2-3H3. The lowest BCUT2D eigenvalue weighted by molar-refractivity contribution is 0.163. The monoisotopic (exact) mass is 517 g/mol. The highest BCUT2D eigenvalue weighted by molar-refractivity contribution is 5.87. The van der Waals surface area contributed by atoms with E-state index in [1.807, 2.05) is 50.9 Å². The molecule has 0 N–H and O–H groups in total. The second-order valence-corrected chi connectivity index (χ2v) is 9.74. The molecule has 0 unspecified atom stereocenters. The third-order valence-electron chi connectivity index (χ3n) is 6.96. The Kier molecular flexibility index (Phi) is 6.25. The lowest BCUT2D eigenvalue weighted by atomic mass is 10.0. The highest BCUT2D eigenvalue weighted by atomic mass is 16.5. The average molecular weight is 518 g/mol. The molecule has 0 amide bonds. The fraction of sp³-hybridized carbons (Fsp3) is 0.241. The topological polar surface area (TPSA) is 110 Å². The Bertz CT molecular complexity index is 1700. The van der Waals surface area contributed by atoms with Crippen LogP contribution in [0.1, 0.15) is 31.0 Å². The predicted octanol–water partition coefficient (Wildman–Crippen LogP) is 4.54. The molecule has 0 aliphatic carbocycles. The van der Waals surface area contributed by atoms with Gasteiger partial charge in [-0.1, -0.05) is 6.58 Å². The molecule has 39 heavy (non-hydrogen) atoms. The van der Waals surface area contributed by atoms with Crippen molar-refractivity contribution < 1.29 is 4.74 Å². The zero-order chi connectivity index (χ0) is 26.9. The van der Waals surface area contributed by atoms with Crippen LogP contribution in [0, 0.1) is 11.3 Å². The minimum atomic E-state index is 0.0863. The molecule has 0 radical (unpaired) electrons. The molecule has 10 nitrogen and oxygen atoms in total. The SMILES string of the molecule is C=C(C)c1cc(OC2CCN(c3ccc(-c4cc(-c5cnn(C)c5)cn5ncc(C#N)c45)cn3)CC2)ncn1. The molecular formula is C29H27N9O. The molecule has 0 spiro atoms. The number of hydrogen-bond acceptors (Lipinski definition) is 8. The van der Waals surface area contributed by atoms with Gasteiger partial charge in [0, 0.05) is 79.9 Å². The Morgan fingerprint density at radius 3 is 2.54 bits per heavy atom. The maximum atomic E-state index is 9.69. The molecule has 0 atom stereocenters. The van der Waals surface area contributed by atoms with Crippen LogP contribution in [0.4, 0.5) is 5.82 Å². The lowest BCUT2D eigenvalue weighted by Crippen LogP contribution is -2.38. The van der Waals surface area contributed by atoms with Gasteiger partial charge in [0.25, 0.3) is 0 Å². The van der Waals surface area contributed by atoms with Crippen LogP contribution in [-0.4, -0.2) is 53.5 Å². The number of anilines is 1. The van der Waals surface area contributed by atoms with Crippen molar-refractivity contribution in [2.75, 3.05) is 18.0 Å². The van der Waals surface area contributed by atoms with Crippen LogP contribution in [0.3, 0.4) is 0 Å². The summed E-state index contributed by atoms with van der Waals surface area (Å²) in [6, 6.07) is 10.3. The molecule has 0 bridgehead atoms. The third-order valence-corrected chi connectivity index (χ3v) is 6.96. The minimum Gasteiger partial charge on any atom is -0.474 e. The van der Waals surface area contributed by atoms with Crippen molar-refractivity contribution in [2.45, 2.75) is 25.9 Å². The van der Waals surface area contributed by atoms with Crippen molar-refractivity contribution in [3.8, 4) is 34.2 Å². The molecule has 5 aromatic heterocycles. The van der Waals surface area contributed by atoms with E-state index in [9.17, 15) is 5.26 Å². The molecule has 1 saturated heterocycles. The fourth-order valence-corrected chi connectivity index (χ4v) is 4.89. The van der Waals surface area contributed by atoms with E-state index in [0.717, 1.165) is 70.8 Å². The molecule has 0 aromatic carbocycles. The smallest absolute Gasteiger partial charge is 0.217 e. The Labute approximate surface area is 225 Å². The zero-order valence-electron chi connectivity index (χ0n) is 21.8. The Morgan fingerprint density at radius 1 is 1.00 bits per heavy atom. The molecule has 0 saturated carbocycles. The summed E-state index contributed by atoms with van der Waals surface area (Å²) in [6.45, 7) is 7.52. The second-order valence-electron chi connectivity index (χ2n) is 9.74.